The Morgan fingerprint density at radius 2 is 1.85 bits per heavy atom. The average molecular weight is 176 g/mol. The fraction of sp³-hybridized carbons (Fsp3) is 0.0909. The number of rotatable bonds is 1. The standard InChI is InChI=1S/C11H9FO/c1-13-11-9-5-3-2-4-8(9)6-7-10(11)12/h2-7H,1H3. The molecule has 0 fully saturated rings. The molecule has 0 atom stereocenters. The zero-order valence-corrected chi connectivity index (χ0v) is 7.25. The van der Waals surface area contributed by atoms with Gasteiger partial charge in [0, 0.05) is 5.39 Å². The van der Waals surface area contributed by atoms with Crippen molar-refractivity contribution in [3.8, 4) is 5.75 Å². The van der Waals surface area contributed by atoms with E-state index in [4.69, 9.17) is 4.74 Å². The van der Waals surface area contributed by atoms with E-state index in [2.05, 4.69) is 0 Å². The smallest absolute Gasteiger partial charge is 0.165 e. The second-order valence-corrected chi connectivity index (χ2v) is 2.80. The van der Waals surface area contributed by atoms with Crippen LogP contribution in [0.4, 0.5) is 4.39 Å². The zero-order chi connectivity index (χ0) is 9.26. The van der Waals surface area contributed by atoms with Crippen molar-refractivity contribution in [2.24, 2.45) is 0 Å². The minimum Gasteiger partial charge on any atom is -0.493 e. The molecule has 0 heterocycles. The summed E-state index contributed by atoms with van der Waals surface area (Å²) in [6.45, 7) is 0. The Hall–Kier alpha value is -1.57. The second-order valence-electron chi connectivity index (χ2n) is 2.80. The molecule has 0 bridgehead atoms. The van der Waals surface area contributed by atoms with Crippen molar-refractivity contribution < 1.29 is 9.13 Å². The van der Waals surface area contributed by atoms with Crippen LogP contribution in [0.15, 0.2) is 36.4 Å². The summed E-state index contributed by atoms with van der Waals surface area (Å²) in [6.07, 6.45) is 0. The monoisotopic (exact) mass is 176 g/mol. The summed E-state index contributed by atoms with van der Waals surface area (Å²) in [7, 11) is 1.48. The molecule has 0 aliphatic rings. The molecule has 0 spiro atoms. The van der Waals surface area contributed by atoms with Crippen LogP contribution in [-0.4, -0.2) is 7.11 Å². The molecule has 13 heavy (non-hydrogen) atoms. The Kier molecular flexibility index (Phi) is 1.89. The van der Waals surface area contributed by atoms with E-state index in [0.29, 0.717) is 5.75 Å². The summed E-state index contributed by atoms with van der Waals surface area (Å²) >= 11 is 0. The van der Waals surface area contributed by atoms with E-state index in [1.807, 2.05) is 24.3 Å². The highest BCUT2D eigenvalue weighted by Gasteiger charge is 2.05. The molecule has 0 aliphatic heterocycles. The number of methoxy groups -OCH3 is 1. The highest BCUT2D eigenvalue weighted by molar-refractivity contribution is 5.88. The maximum Gasteiger partial charge on any atom is 0.165 e. The van der Waals surface area contributed by atoms with Crippen molar-refractivity contribution in [2.75, 3.05) is 7.11 Å². The molecule has 66 valence electrons. The zero-order valence-electron chi connectivity index (χ0n) is 7.25. The Labute approximate surface area is 75.8 Å². The number of fused-ring (bicyclic) bond motifs is 1. The van der Waals surface area contributed by atoms with Crippen LogP contribution in [0.25, 0.3) is 10.8 Å². The molecule has 0 aliphatic carbocycles. The lowest BCUT2D eigenvalue weighted by atomic mass is 10.1. The quantitative estimate of drug-likeness (QED) is 0.649. The van der Waals surface area contributed by atoms with E-state index < -0.39 is 0 Å². The fourth-order valence-corrected chi connectivity index (χ4v) is 1.42. The van der Waals surface area contributed by atoms with Crippen LogP contribution in [0.1, 0.15) is 0 Å². The summed E-state index contributed by atoms with van der Waals surface area (Å²) in [5, 5.41) is 1.80. The third-order valence-electron chi connectivity index (χ3n) is 2.04. The first-order chi connectivity index (χ1) is 6.33. The molecule has 2 rings (SSSR count). The van der Waals surface area contributed by atoms with Crippen LogP contribution in [0.5, 0.6) is 5.75 Å². The van der Waals surface area contributed by atoms with Crippen molar-refractivity contribution in [1.82, 2.24) is 0 Å². The van der Waals surface area contributed by atoms with Gasteiger partial charge >= 0.3 is 0 Å². The average Bonchev–Trinajstić information content (AvgIpc) is 2.18. The molecule has 0 aromatic heterocycles. The second kappa shape index (κ2) is 3.05. The predicted octanol–water partition coefficient (Wildman–Crippen LogP) is 2.99. The molecule has 2 heteroatoms. The van der Waals surface area contributed by atoms with Crippen molar-refractivity contribution in [2.45, 2.75) is 0 Å². The molecule has 1 nitrogen and oxygen atoms in total. The third-order valence-corrected chi connectivity index (χ3v) is 2.04. The SMILES string of the molecule is COc1c(F)ccc2ccccc12. The van der Waals surface area contributed by atoms with Crippen LogP contribution in [0.2, 0.25) is 0 Å². The Bertz CT molecular complexity index is 437. The maximum absolute atomic E-state index is 13.2. The van der Waals surface area contributed by atoms with Gasteiger partial charge in [0.1, 0.15) is 0 Å². The van der Waals surface area contributed by atoms with Gasteiger partial charge in [0.25, 0.3) is 0 Å². The number of halogens is 1. The highest BCUT2D eigenvalue weighted by atomic mass is 19.1. The Balaban J connectivity index is 2.84. The molecule has 0 unspecified atom stereocenters. The first-order valence-corrected chi connectivity index (χ1v) is 4.04. The van der Waals surface area contributed by atoms with Gasteiger partial charge < -0.3 is 4.74 Å². The fourth-order valence-electron chi connectivity index (χ4n) is 1.42. The Morgan fingerprint density at radius 1 is 1.08 bits per heavy atom. The summed E-state index contributed by atoms with van der Waals surface area (Å²) in [4.78, 5) is 0. The summed E-state index contributed by atoms with van der Waals surface area (Å²) in [5.41, 5.74) is 0. The molecule has 0 saturated carbocycles. The molecular weight excluding hydrogens is 167 g/mol. The van der Waals surface area contributed by atoms with Crippen LogP contribution in [0.3, 0.4) is 0 Å². The molecule has 0 saturated heterocycles. The van der Waals surface area contributed by atoms with Gasteiger partial charge in [-0.1, -0.05) is 30.3 Å². The van der Waals surface area contributed by atoms with Gasteiger partial charge in [-0.15, -0.1) is 0 Å². The summed E-state index contributed by atoms with van der Waals surface area (Å²) in [6, 6.07) is 10.7. The van der Waals surface area contributed by atoms with E-state index in [1.54, 1.807) is 6.07 Å². The first kappa shape index (κ1) is 8.05. The van der Waals surface area contributed by atoms with Gasteiger partial charge in [0.2, 0.25) is 0 Å². The minimum absolute atomic E-state index is 0.318. The van der Waals surface area contributed by atoms with Gasteiger partial charge in [-0.2, -0.15) is 0 Å². The topological polar surface area (TPSA) is 9.23 Å². The van der Waals surface area contributed by atoms with Crippen LogP contribution in [-0.2, 0) is 0 Å². The number of hydrogen-bond acceptors (Lipinski definition) is 1. The van der Waals surface area contributed by atoms with Gasteiger partial charge in [-0.05, 0) is 11.5 Å². The van der Waals surface area contributed by atoms with Gasteiger partial charge in [-0.25, -0.2) is 4.39 Å². The molecule has 2 aromatic carbocycles. The van der Waals surface area contributed by atoms with Crippen molar-refractivity contribution >= 4 is 10.8 Å². The van der Waals surface area contributed by atoms with Crippen LogP contribution < -0.4 is 4.74 Å². The Morgan fingerprint density at radius 3 is 2.62 bits per heavy atom. The maximum atomic E-state index is 13.2. The van der Waals surface area contributed by atoms with Crippen molar-refractivity contribution in [3.05, 3.63) is 42.2 Å². The van der Waals surface area contributed by atoms with Gasteiger partial charge in [0.05, 0.1) is 7.11 Å². The van der Waals surface area contributed by atoms with Gasteiger partial charge in [-0.3, -0.25) is 0 Å². The highest BCUT2D eigenvalue weighted by Crippen LogP contribution is 2.27. The van der Waals surface area contributed by atoms with E-state index in [9.17, 15) is 4.39 Å². The summed E-state index contributed by atoms with van der Waals surface area (Å²) in [5.74, 6) is -0.000648. The largest absolute Gasteiger partial charge is 0.493 e. The van der Waals surface area contributed by atoms with E-state index in [1.165, 1.54) is 13.2 Å². The lowest BCUT2D eigenvalue weighted by Crippen LogP contribution is -1.88. The van der Waals surface area contributed by atoms with E-state index in [0.717, 1.165) is 10.8 Å². The molecule has 0 amide bonds. The van der Waals surface area contributed by atoms with E-state index >= 15 is 0 Å². The number of ether oxygens (including phenoxy) is 1. The normalized spacial score (nSPS) is 10.3. The molecule has 0 radical (unpaired) electrons. The van der Waals surface area contributed by atoms with Crippen molar-refractivity contribution in [3.63, 3.8) is 0 Å². The lowest BCUT2D eigenvalue weighted by molar-refractivity contribution is 0.392. The third kappa shape index (κ3) is 1.24. The molecule has 0 N–H and O–H groups in total. The number of benzene rings is 2. The van der Waals surface area contributed by atoms with E-state index in [-0.39, 0.29) is 5.82 Å². The number of hydrogen-bond donors (Lipinski definition) is 0. The predicted molar refractivity (Wildman–Crippen MR) is 50.5 cm³/mol. The lowest BCUT2D eigenvalue weighted by Gasteiger charge is -2.05. The van der Waals surface area contributed by atoms with Crippen LogP contribution >= 0.6 is 0 Å². The van der Waals surface area contributed by atoms with Gasteiger partial charge in [0.15, 0.2) is 11.6 Å². The summed E-state index contributed by atoms with van der Waals surface area (Å²) < 4.78 is 18.2. The molecular formula is C11H9FO. The first-order valence-electron chi connectivity index (χ1n) is 4.04. The van der Waals surface area contributed by atoms with Crippen LogP contribution in [0, 0.1) is 5.82 Å². The minimum atomic E-state index is -0.318. The van der Waals surface area contributed by atoms with Crippen molar-refractivity contribution in [1.29, 1.82) is 0 Å². The molecule has 2 aromatic rings.